The standard InChI is InChI=1S/C22H35N5O.HI/c1-3-21(28)27-14-12-19(17-27)25-22(23-2)24-15-20-11-7-8-13-26(20)16-18-9-5-4-6-10-18;/h4-6,9-10,19-20H,3,7-8,11-17H2,1-2H3,(H2,23,24,25);1H. The second-order valence-electron chi connectivity index (χ2n) is 7.88. The van der Waals surface area contributed by atoms with Crippen LogP contribution in [0, 0.1) is 0 Å². The maximum Gasteiger partial charge on any atom is 0.222 e. The van der Waals surface area contributed by atoms with E-state index in [4.69, 9.17) is 0 Å². The van der Waals surface area contributed by atoms with Gasteiger partial charge in [-0.25, -0.2) is 0 Å². The molecule has 2 aliphatic heterocycles. The number of hydrogen-bond acceptors (Lipinski definition) is 3. The van der Waals surface area contributed by atoms with Crippen LogP contribution in [-0.2, 0) is 11.3 Å². The first-order valence-corrected chi connectivity index (χ1v) is 10.7. The Balaban J connectivity index is 0.00000300. The number of amides is 1. The van der Waals surface area contributed by atoms with E-state index in [0.29, 0.717) is 12.5 Å². The molecule has 0 aliphatic carbocycles. The highest BCUT2D eigenvalue weighted by Crippen LogP contribution is 2.19. The molecule has 1 amide bonds. The summed E-state index contributed by atoms with van der Waals surface area (Å²) in [6.45, 7) is 6.61. The van der Waals surface area contributed by atoms with Crippen LogP contribution < -0.4 is 10.6 Å². The van der Waals surface area contributed by atoms with Crippen molar-refractivity contribution < 1.29 is 4.79 Å². The first kappa shape index (κ1) is 23.9. The number of benzene rings is 1. The van der Waals surface area contributed by atoms with Gasteiger partial charge in [0.15, 0.2) is 5.96 Å². The molecule has 2 N–H and O–H groups in total. The Morgan fingerprint density at radius 1 is 1.17 bits per heavy atom. The molecule has 1 aromatic rings. The van der Waals surface area contributed by atoms with Gasteiger partial charge in [0.1, 0.15) is 0 Å². The molecular formula is C22H36IN5O. The van der Waals surface area contributed by atoms with Crippen molar-refractivity contribution in [3.63, 3.8) is 0 Å². The number of likely N-dealkylation sites (tertiary alicyclic amines) is 2. The third-order valence-corrected chi connectivity index (χ3v) is 5.89. The van der Waals surface area contributed by atoms with Crippen LogP contribution in [0.2, 0.25) is 0 Å². The molecular weight excluding hydrogens is 477 g/mol. The molecule has 6 nitrogen and oxygen atoms in total. The summed E-state index contributed by atoms with van der Waals surface area (Å²) in [5.74, 6) is 1.09. The van der Waals surface area contributed by atoms with Crippen LogP contribution in [0.25, 0.3) is 0 Å². The van der Waals surface area contributed by atoms with Gasteiger partial charge in [0.2, 0.25) is 5.91 Å². The van der Waals surface area contributed by atoms with Crippen LogP contribution >= 0.6 is 24.0 Å². The van der Waals surface area contributed by atoms with Crippen molar-refractivity contribution in [2.24, 2.45) is 4.99 Å². The Morgan fingerprint density at radius 3 is 2.69 bits per heavy atom. The van der Waals surface area contributed by atoms with E-state index in [-0.39, 0.29) is 35.9 Å². The summed E-state index contributed by atoms with van der Waals surface area (Å²) in [5.41, 5.74) is 1.38. The van der Waals surface area contributed by atoms with E-state index in [1.54, 1.807) is 0 Å². The van der Waals surface area contributed by atoms with Crippen LogP contribution in [0.5, 0.6) is 0 Å². The topological polar surface area (TPSA) is 60.0 Å². The van der Waals surface area contributed by atoms with Crippen LogP contribution in [0.3, 0.4) is 0 Å². The lowest BCUT2D eigenvalue weighted by Gasteiger charge is -2.36. The maximum absolute atomic E-state index is 11.9. The van der Waals surface area contributed by atoms with E-state index < -0.39 is 0 Å². The van der Waals surface area contributed by atoms with Gasteiger partial charge in [-0.1, -0.05) is 43.7 Å². The zero-order valence-electron chi connectivity index (χ0n) is 17.8. The number of carbonyl (C=O) groups is 1. The number of piperidine rings is 1. The van der Waals surface area contributed by atoms with Crippen molar-refractivity contribution in [3.05, 3.63) is 35.9 Å². The second kappa shape index (κ2) is 12.4. The van der Waals surface area contributed by atoms with E-state index in [9.17, 15) is 4.79 Å². The molecule has 3 rings (SSSR count). The Kier molecular flexibility index (Phi) is 10.2. The number of nitrogens with one attached hydrogen (secondary N) is 2. The lowest BCUT2D eigenvalue weighted by Crippen LogP contribution is -2.51. The smallest absolute Gasteiger partial charge is 0.222 e. The molecule has 29 heavy (non-hydrogen) atoms. The third kappa shape index (κ3) is 7.13. The minimum atomic E-state index is 0. The number of rotatable bonds is 6. The largest absolute Gasteiger partial charge is 0.355 e. The Labute approximate surface area is 192 Å². The van der Waals surface area contributed by atoms with Crippen molar-refractivity contribution in [1.82, 2.24) is 20.4 Å². The Hall–Kier alpha value is -1.35. The molecule has 0 bridgehead atoms. The monoisotopic (exact) mass is 513 g/mol. The SMILES string of the molecule is CCC(=O)N1CCC(NC(=NC)NCC2CCCCN2Cc2ccccc2)C1.I. The molecule has 2 aliphatic rings. The average molecular weight is 513 g/mol. The fraction of sp³-hybridized carbons (Fsp3) is 0.636. The summed E-state index contributed by atoms with van der Waals surface area (Å²) in [6, 6.07) is 11.5. The van der Waals surface area contributed by atoms with Crippen molar-refractivity contribution in [3.8, 4) is 0 Å². The van der Waals surface area contributed by atoms with Gasteiger partial charge in [-0.2, -0.15) is 0 Å². The van der Waals surface area contributed by atoms with Crippen molar-refractivity contribution in [1.29, 1.82) is 0 Å². The van der Waals surface area contributed by atoms with Gasteiger partial charge in [0, 0.05) is 51.7 Å². The molecule has 0 spiro atoms. The average Bonchev–Trinajstić information content (AvgIpc) is 3.21. The first-order valence-electron chi connectivity index (χ1n) is 10.7. The quantitative estimate of drug-likeness (QED) is 0.349. The van der Waals surface area contributed by atoms with E-state index in [1.165, 1.54) is 24.8 Å². The first-order chi connectivity index (χ1) is 13.7. The minimum Gasteiger partial charge on any atom is -0.355 e. The minimum absolute atomic E-state index is 0. The fourth-order valence-electron chi connectivity index (χ4n) is 4.25. The fourth-order valence-corrected chi connectivity index (χ4v) is 4.25. The highest BCUT2D eigenvalue weighted by Gasteiger charge is 2.27. The molecule has 162 valence electrons. The summed E-state index contributed by atoms with van der Waals surface area (Å²) in [5, 5.41) is 7.04. The molecule has 2 atom stereocenters. The second-order valence-corrected chi connectivity index (χ2v) is 7.88. The molecule has 2 fully saturated rings. The molecule has 2 unspecified atom stereocenters. The van der Waals surface area contributed by atoms with Crippen molar-refractivity contribution in [2.45, 2.75) is 57.7 Å². The molecule has 1 aromatic carbocycles. The normalized spacial score (nSPS) is 22.8. The summed E-state index contributed by atoms with van der Waals surface area (Å²) in [7, 11) is 1.82. The number of carbonyl (C=O) groups excluding carboxylic acids is 1. The molecule has 0 saturated carbocycles. The van der Waals surface area contributed by atoms with Gasteiger partial charge in [-0.05, 0) is 31.4 Å². The maximum atomic E-state index is 11.9. The number of guanidine groups is 1. The van der Waals surface area contributed by atoms with E-state index in [1.807, 2.05) is 18.9 Å². The Bertz CT molecular complexity index is 654. The van der Waals surface area contributed by atoms with Crippen LogP contribution in [0.15, 0.2) is 35.3 Å². The number of hydrogen-bond donors (Lipinski definition) is 2. The zero-order chi connectivity index (χ0) is 19.8. The molecule has 0 radical (unpaired) electrons. The summed E-state index contributed by atoms with van der Waals surface area (Å²) >= 11 is 0. The summed E-state index contributed by atoms with van der Waals surface area (Å²) in [6.07, 6.45) is 5.35. The lowest BCUT2D eigenvalue weighted by atomic mass is 10.0. The van der Waals surface area contributed by atoms with Crippen LogP contribution in [0.4, 0.5) is 0 Å². The highest BCUT2D eigenvalue weighted by molar-refractivity contribution is 14.0. The van der Waals surface area contributed by atoms with E-state index in [0.717, 1.165) is 45.1 Å². The summed E-state index contributed by atoms with van der Waals surface area (Å²) in [4.78, 5) is 20.8. The predicted octanol–water partition coefficient (Wildman–Crippen LogP) is 2.84. The van der Waals surface area contributed by atoms with Gasteiger partial charge in [-0.15, -0.1) is 24.0 Å². The number of halogens is 1. The molecule has 7 heteroatoms. The third-order valence-electron chi connectivity index (χ3n) is 5.89. The number of nitrogens with zero attached hydrogens (tertiary/aromatic N) is 3. The van der Waals surface area contributed by atoms with Gasteiger partial charge in [0.05, 0.1) is 0 Å². The predicted molar refractivity (Wildman–Crippen MR) is 130 cm³/mol. The molecule has 0 aromatic heterocycles. The molecule has 2 saturated heterocycles. The van der Waals surface area contributed by atoms with Gasteiger partial charge >= 0.3 is 0 Å². The molecule has 2 heterocycles. The lowest BCUT2D eigenvalue weighted by molar-refractivity contribution is -0.129. The van der Waals surface area contributed by atoms with Crippen LogP contribution in [0.1, 0.15) is 44.6 Å². The van der Waals surface area contributed by atoms with Gasteiger partial charge < -0.3 is 15.5 Å². The van der Waals surface area contributed by atoms with Gasteiger partial charge in [-0.3, -0.25) is 14.7 Å². The van der Waals surface area contributed by atoms with Gasteiger partial charge in [0.25, 0.3) is 0 Å². The summed E-state index contributed by atoms with van der Waals surface area (Å²) < 4.78 is 0. The van der Waals surface area contributed by atoms with Crippen molar-refractivity contribution in [2.75, 3.05) is 33.2 Å². The zero-order valence-corrected chi connectivity index (χ0v) is 20.1. The van der Waals surface area contributed by atoms with E-state index in [2.05, 4.69) is 50.9 Å². The number of aliphatic imine (C=N–C) groups is 1. The van der Waals surface area contributed by atoms with E-state index >= 15 is 0 Å². The van der Waals surface area contributed by atoms with Crippen molar-refractivity contribution >= 4 is 35.8 Å². The van der Waals surface area contributed by atoms with Crippen LogP contribution in [-0.4, -0.2) is 67.0 Å². The Morgan fingerprint density at radius 2 is 1.97 bits per heavy atom. The highest BCUT2D eigenvalue weighted by atomic mass is 127.